The van der Waals surface area contributed by atoms with E-state index in [2.05, 4.69) is 0 Å². The molecule has 0 unspecified atom stereocenters. The molecule has 0 heterocycles. The number of benzene rings is 2. The van der Waals surface area contributed by atoms with Gasteiger partial charge in [-0.05, 0) is 36.6 Å². The quantitative estimate of drug-likeness (QED) is 0.645. The molecule has 2 aromatic rings. The molecule has 1 heteroatoms. The van der Waals surface area contributed by atoms with Crippen molar-refractivity contribution >= 4 is 0 Å². The molecule has 0 aliphatic rings. The molecule has 16 heavy (non-hydrogen) atoms. The maximum absolute atomic E-state index is 13.3. The van der Waals surface area contributed by atoms with E-state index in [4.69, 9.17) is 0 Å². The molecule has 0 saturated heterocycles. The van der Waals surface area contributed by atoms with Crippen molar-refractivity contribution in [3.63, 3.8) is 0 Å². The van der Waals surface area contributed by atoms with E-state index in [-0.39, 0.29) is 13.2 Å². The van der Waals surface area contributed by atoms with Crippen LogP contribution in [0.15, 0.2) is 42.5 Å². The van der Waals surface area contributed by atoms with E-state index < -0.39 is 0 Å². The molecule has 0 aliphatic heterocycles. The second-order valence-corrected chi connectivity index (χ2v) is 3.83. The van der Waals surface area contributed by atoms with Gasteiger partial charge in [-0.25, -0.2) is 4.39 Å². The Morgan fingerprint density at radius 2 is 1.38 bits per heavy atom. The molecule has 84 valence electrons. The van der Waals surface area contributed by atoms with E-state index in [9.17, 15) is 4.39 Å². The molecule has 0 aromatic heterocycles. The number of rotatable bonds is 1. The molecule has 0 saturated carbocycles. The van der Waals surface area contributed by atoms with Gasteiger partial charge in [0.2, 0.25) is 0 Å². The summed E-state index contributed by atoms with van der Waals surface area (Å²) in [5, 5.41) is 0. The highest BCUT2D eigenvalue weighted by atomic mass is 19.1. The lowest BCUT2D eigenvalue weighted by molar-refractivity contribution is 0.619. The highest BCUT2D eigenvalue weighted by Gasteiger charge is 2.01. The summed E-state index contributed by atoms with van der Waals surface area (Å²) in [6, 6.07) is 13.4. The van der Waals surface area contributed by atoms with Gasteiger partial charge in [0.15, 0.2) is 0 Å². The van der Waals surface area contributed by atoms with Gasteiger partial charge in [0.05, 0.1) is 0 Å². The van der Waals surface area contributed by atoms with E-state index >= 15 is 0 Å². The largest absolute Gasteiger partial charge is 0.207 e. The van der Waals surface area contributed by atoms with Gasteiger partial charge < -0.3 is 0 Å². The topological polar surface area (TPSA) is 0 Å². The van der Waals surface area contributed by atoms with Gasteiger partial charge in [-0.3, -0.25) is 0 Å². The van der Waals surface area contributed by atoms with Crippen molar-refractivity contribution in [2.24, 2.45) is 0 Å². The number of hydrogen-bond acceptors (Lipinski definition) is 0. The predicted molar refractivity (Wildman–Crippen MR) is 68.0 cm³/mol. The molecule has 0 N–H and O–H groups in total. The van der Waals surface area contributed by atoms with Crippen LogP contribution in [0.5, 0.6) is 0 Å². The highest BCUT2D eigenvalue weighted by Crippen LogP contribution is 2.21. The minimum Gasteiger partial charge on any atom is -0.207 e. The van der Waals surface area contributed by atoms with Gasteiger partial charge in [-0.2, -0.15) is 0 Å². The van der Waals surface area contributed by atoms with Crippen LogP contribution >= 0.6 is 0 Å². The number of hydrogen-bond donors (Lipinski definition) is 0. The Bertz CT molecular complexity index is 469. The van der Waals surface area contributed by atoms with Crippen LogP contribution in [-0.2, 0) is 0 Å². The first-order valence-corrected chi connectivity index (χ1v) is 5.00. The molecule has 0 bridgehead atoms. The summed E-state index contributed by atoms with van der Waals surface area (Å²) in [6.45, 7) is 3.81. The van der Waals surface area contributed by atoms with Gasteiger partial charge >= 0.3 is 0 Å². The summed E-state index contributed by atoms with van der Waals surface area (Å²) >= 11 is 0. The van der Waals surface area contributed by atoms with Crippen LogP contribution in [0.4, 0.5) is 4.39 Å². The second-order valence-electron chi connectivity index (χ2n) is 3.83. The third-order valence-corrected chi connectivity index (χ3v) is 2.56. The fourth-order valence-corrected chi connectivity index (χ4v) is 1.52. The first-order valence-electron chi connectivity index (χ1n) is 5.00. The summed E-state index contributed by atoms with van der Waals surface area (Å²) < 4.78 is 13.3. The van der Waals surface area contributed by atoms with E-state index in [0.29, 0.717) is 5.56 Å². The van der Waals surface area contributed by atoms with Crippen molar-refractivity contribution in [3.8, 4) is 11.1 Å². The van der Waals surface area contributed by atoms with Crippen LogP contribution in [0.25, 0.3) is 11.1 Å². The van der Waals surface area contributed by atoms with Gasteiger partial charge in [0, 0.05) is 0 Å². The lowest BCUT2D eigenvalue weighted by atomic mass is 10.0. The maximum Gasteiger partial charge on any atom is 0.126 e. The smallest absolute Gasteiger partial charge is 0.126 e. The standard InChI is InChI=1S/C14H13F.CH4/c1-10-3-6-12(7-4-10)13-8-5-11(2)14(15)9-13;/h3-9H,1-2H3;1H4. The average molecular weight is 216 g/mol. The van der Waals surface area contributed by atoms with E-state index in [1.807, 2.05) is 43.3 Å². The minimum absolute atomic E-state index is 0. The van der Waals surface area contributed by atoms with E-state index in [0.717, 1.165) is 11.1 Å². The first-order chi connectivity index (χ1) is 7.16. The van der Waals surface area contributed by atoms with Crippen molar-refractivity contribution in [2.75, 3.05) is 0 Å². The first kappa shape index (κ1) is 12.4. The van der Waals surface area contributed by atoms with Crippen molar-refractivity contribution < 1.29 is 4.39 Å². The summed E-state index contributed by atoms with van der Waals surface area (Å²) in [4.78, 5) is 0. The lowest BCUT2D eigenvalue weighted by Crippen LogP contribution is -1.84. The molecule has 0 radical (unpaired) electrons. The number of aryl methyl sites for hydroxylation is 2. The molecule has 0 amide bonds. The van der Waals surface area contributed by atoms with Crippen LogP contribution in [0, 0.1) is 19.7 Å². The predicted octanol–water partition coefficient (Wildman–Crippen LogP) is 4.75. The normalized spacial score (nSPS) is 9.69. The average Bonchev–Trinajstić information content (AvgIpc) is 2.23. The van der Waals surface area contributed by atoms with Crippen LogP contribution in [0.2, 0.25) is 0 Å². The fraction of sp³-hybridized carbons (Fsp3) is 0.200. The monoisotopic (exact) mass is 216 g/mol. The van der Waals surface area contributed by atoms with Crippen LogP contribution in [0.1, 0.15) is 18.6 Å². The lowest BCUT2D eigenvalue weighted by Gasteiger charge is -2.03. The second kappa shape index (κ2) is 4.93. The Hall–Kier alpha value is -1.63. The van der Waals surface area contributed by atoms with Crippen molar-refractivity contribution in [2.45, 2.75) is 21.3 Å². The highest BCUT2D eigenvalue weighted by molar-refractivity contribution is 5.64. The van der Waals surface area contributed by atoms with E-state index in [1.165, 1.54) is 5.56 Å². The minimum atomic E-state index is -0.145. The summed E-state index contributed by atoms with van der Waals surface area (Å²) in [5.74, 6) is -0.145. The zero-order chi connectivity index (χ0) is 10.8. The van der Waals surface area contributed by atoms with Crippen molar-refractivity contribution in [3.05, 3.63) is 59.4 Å². The zero-order valence-electron chi connectivity index (χ0n) is 8.92. The Morgan fingerprint density at radius 3 is 1.94 bits per heavy atom. The Labute approximate surface area is 96.8 Å². The molecule has 2 rings (SSSR count). The molecule has 0 fully saturated rings. The Morgan fingerprint density at radius 1 is 0.812 bits per heavy atom. The van der Waals surface area contributed by atoms with Crippen LogP contribution < -0.4 is 0 Å². The third kappa shape index (κ3) is 2.48. The van der Waals surface area contributed by atoms with Crippen molar-refractivity contribution in [1.82, 2.24) is 0 Å². The van der Waals surface area contributed by atoms with Crippen LogP contribution in [-0.4, -0.2) is 0 Å². The van der Waals surface area contributed by atoms with Crippen molar-refractivity contribution in [1.29, 1.82) is 0 Å². The van der Waals surface area contributed by atoms with Gasteiger partial charge in [-0.15, -0.1) is 0 Å². The molecule has 2 aromatic carbocycles. The fourth-order valence-electron chi connectivity index (χ4n) is 1.52. The maximum atomic E-state index is 13.3. The molecule has 0 aliphatic carbocycles. The van der Waals surface area contributed by atoms with Crippen LogP contribution in [0.3, 0.4) is 0 Å². The summed E-state index contributed by atoms with van der Waals surface area (Å²) in [7, 11) is 0. The molecule has 0 spiro atoms. The SMILES string of the molecule is C.Cc1ccc(-c2ccc(C)c(F)c2)cc1. The number of halogens is 1. The molecular weight excluding hydrogens is 199 g/mol. The Balaban J connectivity index is 0.00000128. The molecule has 0 atom stereocenters. The molecular formula is C15H17F. The Kier molecular flexibility index (Phi) is 3.83. The zero-order valence-corrected chi connectivity index (χ0v) is 8.92. The summed E-state index contributed by atoms with van der Waals surface area (Å²) in [5.41, 5.74) is 3.88. The van der Waals surface area contributed by atoms with E-state index in [1.54, 1.807) is 13.0 Å². The third-order valence-electron chi connectivity index (χ3n) is 2.56. The molecule has 0 nitrogen and oxygen atoms in total. The van der Waals surface area contributed by atoms with Gasteiger partial charge in [0.1, 0.15) is 5.82 Å². The summed E-state index contributed by atoms with van der Waals surface area (Å²) in [6.07, 6.45) is 0. The van der Waals surface area contributed by atoms with Gasteiger partial charge in [-0.1, -0.05) is 49.4 Å². The van der Waals surface area contributed by atoms with Gasteiger partial charge in [0.25, 0.3) is 0 Å².